The Morgan fingerprint density at radius 3 is 2.24 bits per heavy atom. The van der Waals surface area contributed by atoms with Crippen molar-refractivity contribution in [3.63, 3.8) is 0 Å². The summed E-state index contributed by atoms with van der Waals surface area (Å²) in [5.41, 5.74) is 0. The first-order chi connectivity index (χ1) is 9.83. The zero-order valence-corrected chi connectivity index (χ0v) is 15.2. The first-order valence-electron chi connectivity index (χ1n) is 7.15. The van der Waals surface area contributed by atoms with E-state index in [-0.39, 0.29) is 22.2 Å². The van der Waals surface area contributed by atoms with Crippen LogP contribution >= 0.6 is 22.6 Å². The molecule has 6 nitrogen and oxygen atoms in total. The molecule has 0 unspecified atom stereocenters. The van der Waals surface area contributed by atoms with Crippen molar-refractivity contribution in [2.75, 3.05) is 11.0 Å². The van der Waals surface area contributed by atoms with Gasteiger partial charge >= 0.3 is 5.97 Å². The molecule has 2 amide bonds. The van der Waals surface area contributed by atoms with E-state index in [1.807, 2.05) is 43.4 Å². The van der Waals surface area contributed by atoms with Crippen LogP contribution in [0.3, 0.4) is 0 Å². The first-order valence-corrected chi connectivity index (χ1v) is 8.68. The van der Waals surface area contributed by atoms with Crippen molar-refractivity contribution in [1.82, 2.24) is 10.6 Å². The molecule has 0 aliphatic rings. The second kappa shape index (κ2) is 10.8. The molecule has 122 valence electrons. The third-order valence-electron chi connectivity index (χ3n) is 2.84. The van der Waals surface area contributed by atoms with Gasteiger partial charge in [0.25, 0.3) is 0 Å². The second-order valence-corrected chi connectivity index (χ2v) is 5.94. The highest BCUT2D eigenvalue weighted by atomic mass is 127. The molecule has 2 N–H and O–H groups in total. The van der Waals surface area contributed by atoms with Gasteiger partial charge in [-0.15, -0.1) is 0 Å². The summed E-state index contributed by atoms with van der Waals surface area (Å²) in [7, 11) is 0. The number of unbranched alkanes of at least 4 members (excludes halogenated alkanes) is 1. The predicted octanol–water partition coefficient (Wildman–Crippen LogP) is 1.41. The Morgan fingerprint density at radius 2 is 1.76 bits per heavy atom. The molecule has 0 heterocycles. The average molecular weight is 412 g/mol. The van der Waals surface area contributed by atoms with Gasteiger partial charge in [0.1, 0.15) is 12.1 Å². The van der Waals surface area contributed by atoms with Gasteiger partial charge in [-0.05, 0) is 19.3 Å². The van der Waals surface area contributed by atoms with Gasteiger partial charge in [-0.25, -0.2) is 4.79 Å². The van der Waals surface area contributed by atoms with Gasteiger partial charge in [0.05, 0.1) is 11.0 Å². The Balaban J connectivity index is 4.46. The summed E-state index contributed by atoms with van der Waals surface area (Å²) in [4.78, 5) is 35.3. The van der Waals surface area contributed by atoms with Crippen LogP contribution < -0.4 is 10.6 Å². The van der Waals surface area contributed by atoms with Crippen LogP contribution in [0.2, 0.25) is 0 Å². The molecule has 0 aromatic rings. The minimum absolute atomic E-state index is 0.0692. The third-order valence-corrected chi connectivity index (χ3v) is 3.53. The number of rotatable bonds is 9. The van der Waals surface area contributed by atoms with Crippen LogP contribution in [0.25, 0.3) is 0 Å². The van der Waals surface area contributed by atoms with Gasteiger partial charge < -0.3 is 15.4 Å². The van der Waals surface area contributed by atoms with Crippen molar-refractivity contribution in [3.8, 4) is 0 Å². The zero-order chi connectivity index (χ0) is 16.4. The second-order valence-electron chi connectivity index (χ2n) is 5.17. The summed E-state index contributed by atoms with van der Waals surface area (Å²) in [5, 5.41) is 5.24. The summed E-state index contributed by atoms with van der Waals surface area (Å²) in [6, 6.07) is -1.38. The maximum absolute atomic E-state index is 12.1. The predicted molar refractivity (Wildman–Crippen MR) is 89.1 cm³/mol. The van der Waals surface area contributed by atoms with E-state index in [4.69, 9.17) is 4.74 Å². The molecule has 0 aliphatic carbocycles. The van der Waals surface area contributed by atoms with E-state index in [9.17, 15) is 14.4 Å². The first kappa shape index (κ1) is 20.1. The number of esters is 1. The van der Waals surface area contributed by atoms with E-state index in [2.05, 4.69) is 10.6 Å². The monoisotopic (exact) mass is 412 g/mol. The summed E-state index contributed by atoms with van der Waals surface area (Å²) >= 11 is 1.93. The topological polar surface area (TPSA) is 84.5 Å². The number of ether oxygens (including phenoxy) is 1. The quantitative estimate of drug-likeness (QED) is 0.260. The molecule has 21 heavy (non-hydrogen) atoms. The number of hydrogen-bond donors (Lipinski definition) is 2. The van der Waals surface area contributed by atoms with Crippen molar-refractivity contribution in [3.05, 3.63) is 0 Å². The van der Waals surface area contributed by atoms with Crippen LogP contribution in [0.15, 0.2) is 0 Å². The number of alkyl halides is 1. The highest BCUT2D eigenvalue weighted by Gasteiger charge is 2.27. The fraction of sp³-hybridized carbons (Fsp3) is 0.786. The van der Waals surface area contributed by atoms with Crippen LogP contribution in [-0.4, -0.2) is 40.9 Å². The lowest BCUT2D eigenvalue weighted by atomic mass is 10.0. The Hall–Kier alpha value is -0.860. The van der Waals surface area contributed by atoms with Gasteiger partial charge in [-0.2, -0.15) is 0 Å². The number of nitrogens with one attached hydrogen (secondary N) is 2. The molecule has 2 atom stereocenters. The zero-order valence-electron chi connectivity index (χ0n) is 13.1. The molecule has 0 saturated carbocycles. The SMILES string of the molecule is CCCCOC(=O)[C@H](C)NC(=O)[C@@H](NC(=O)CI)C(C)C. The van der Waals surface area contributed by atoms with Crippen molar-refractivity contribution >= 4 is 40.4 Å². The van der Waals surface area contributed by atoms with E-state index in [1.54, 1.807) is 6.92 Å². The van der Waals surface area contributed by atoms with Gasteiger partial charge in [-0.1, -0.05) is 49.8 Å². The fourth-order valence-corrected chi connectivity index (χ4v) is 1.77. The highest BCUT2D eigenvalue weighted by molar-refractivity contribution is 14.1. The number of amides is 2. The Morgan fingerprint density at radius 1 is 1.14 bits per heavy atom. The maximum Gasteiger partial charge on any atom is 0.328 e. The third kappa shape index (κ3) is 8.23. The van der Waals surface area contributed by atoms with Crippen molar-refractivity contribution in [2.45, 2.75) is 52.6 Å². The van der Waals surface area contributed by atoms with E-state index in [0.29, 0.717) is 6.61 Å². The van der Waals surface area contributed by atoms with Crippen LogP contribution in [-0.2, 0) is 19.1 Å². The number of halogens is 1. The van der Waals surface area contributed by atoms with Gasteiger partial charge in [0.15, 0.2) is 0 Å². The van der Waals surface area contributed by atoms with Crippen LogP contribution in [0.1, 0.15) is 40.5 Å². The van der Waals surface area contributed by atoms with E-state index in [0.717, 1.165) is 12.8 Å². The van der Waals surface area contributed by atoms with Crippen molar-refractivity contribution in [1.29, 1.82) is 0 Å². The Labute approximate surface area is 139 Å². The highest BCUT2D eigenvalue weighted by Crippen LogP contribution is 2.03. The summed E-state index contributed by atoms with van der Waals surface area (Å²) in [5.74, 6) is -1.11. The molecular formula is C14H25IN2O4. The lowest BCUT2D eigenvalue weighted by Crippen LogP contribution is -2.53. The minimum Gasteiger partial charge on any atom is -0.464 e. The fourth-order valence-electron chi connectivity index (χ4n) is 1.55. The Kier molecular flexibility index (Phi) is 10.4. The largest absolute Gasteiger partial charge is 0.464 e. The molecule has 0 aromatic heterocycles. The van der Waals surface area contributed by atoms with E-state index in [1.165, 1.54) is 0 Å². The molecule has 0 radical (unpaired) electrons. The lowest BCUT2D eigenvalue weighted by molar-refractivity contribution is -0.147. The van der Waals surface area contributed by atoms with Gasteiger partial charge in [0.2, 0.25) is 11.8 Å². The lowest BCUT2D eigenvalue weighted by Gasteiger charge is -2.23. The molecule has 0 rings (SSSR count). The molecule has 0 aromatic carbocycles. The number of carbonyl (C=O) groups is 3. The summed E-state index contributed by atoms with van der Waals surface area (Å²) < 4.78 is 5.33. The standard InChI is InChI=1S/C14H25IN2O4/c1-5-6-7-21-14(20)10(4)16-13(19)12(9(2)3)17-11(18)8-15/h9-10,12H,5-8H2,1-4H3,(H,16,19)(H,17,18)/t10-,12-/m0/s1. The maximum atomic E-state index is 12.1. The van der Waals surface area contributed by atoms with Crippen LogP contribution in [0.5, 0.6) is 0 Å². The molecular weight excluding hydrogens is 387 g/mol. The average Bonchev–Trinajstić information content (AvgIpc) is 2.43. The van der Waals surface area contributed by atoms with Gasteiger partial charge in [0, 0.05) is 0 Å². The summed E-state index contributed by atoms with van der Waals surface area (Å²) in [6.45, 7) is 7.60. The van der Waals surface area contributed by atoms with Gasteiger partial charge in [-0.3, -0.25) is 9.59 Å². The van der Waals surface area contributed by atoms with Crippen molar-refractivity contribution < 1.29 is 19.1 Å². The molecule has 0 saturated heterocycles. The van der Waals surface area contributed by atoms with Crippen LogP contribution in [0, 0.1) is 5.92 Å². The molecule has 0 fully saturated rings. The molecule has 0 bridgehead atoms. The normalized spacial score (nSPS) is 13.4. The molecule has 7 heteroatoms. The number of carbonyl (C=O) groups excluding carboxylic acids is 3. The van der Waals surface area contributed by atoms with Crippen LogP contribution in [0.4, 0.5) is 0 Å². The summed E-state index contributed by atoms with van der Waals surface area (Å²) in [6.07, 6.45) is 1.73. The van der Waals surface area contributed by atoms with E-state index >= 15 is 0 Å². The van der Waals surface area contributed by atoms with E-state index < -0.39 is 18.1 Å². The molecule has 0 spiro atoms. The minimum atomic E-state index is -0.730. The smallest absolute Gasteiger partial charge is 0.328 e. The molecule has 0 aliphatic heterocycles. The van der Waals surface area contributed by atoms with Crippen molar-refractivity contribution in [2.24, 2.45) is 5.92 Å². The Bertz CT molecular complexity index is 361. The number of hydrogen-bond acceptors (Lipinski definition) is 4.